The van der Waals surface area contributed by atoms with Crippen molar-refractivity contribution in [2.24, 2.45) is 5.10 Å². The van der Waals surface area contributed by atoms with E-state index in [2.05, 4.69) is 31.6 Å². The number of nitrogens with one attached hydrogen (secondary N) is 1. The van der Waals surface area contributed by atoms with E-state index in [0.717, 1.165) is 27.1 Å². The van der Waals surface area contributed by atoms with Crippen molar-refractivity contribution in [1.82, 2.24) is 9.78 Å². The minimum Gasteiger partial charge on any atom is -0.278 e. The van der Waals surface area contributed by atoms with Crippen molar-refractivity contribution in [3.63, 3.8) is 0 Å². The molecule has 0 saturated carbocycles. The zero-order chi connectivity index (χ0) is 17.1. The molecule has 0 aliphatic rings. The van der Waals surface area contributed by atoms with E-state index in [1.165, 1.54) is 5.56 Å². The molecular formula is C18H16BrClN4. The molecular weight excluding hydrogens is 388 g/mol. The summed E-state index contributed by atoms with van der Waals surface area (Å²) in [5.41, 5.74) is 7.61. The van der Waals surface area contributed by atoms with E-state index >= 15 is 0 Å². The summed E-state index contributed by atoms with van der Waals surface area (Å²) in [6.45, 7) is 3.96. The number of hydrazone groups is 1. The molecule has 24 heavy (non-hydrogen) atoms. The summed E-state index contributed by atoms with van der Waals surface area (Å²) in [6, 6.07) is 15.8. The van der Waals surface area contributed by atoms with Gasteiger partial charge in [0.2, 0.25) is 0 Å². The Morgan fingerprint density at radius 1 is 1.17 bits per heavy atom. The Morgan fingerprint density at radius 3 is 2.62 bits per heavy atom. The van der Waals surface area contributed by atoms with Gasteiger partial charge in [-0.2, -0.15) is 10.2 Å². The molecule has 0 radical (unpaired) electrons. The first kappa shape index (κ1) is 16.7. The van der Waals surface area contributed by atoms with E-state index in [9.17, 15) is 0 Å². The number of hydrogen-bond donors (Lipinski definition) is 1. The Kier molecular flexibility index (Phi) is 5.02. The molecule has 1 heterocycles. The second-order valence-corrected chi connectivity index (χ2v) is 6.69. The van der Waals surface area contributed by atoms with Crippen LogP contribution in [0.3, 0.4) is 0 Å². The van der Waals surface area contributed by atoms with Crippen LogP contribution in [0.4, 0.5) is 5.69 Å². The molecule has 0 unspecified atom stereocenters. The first-order chi connectivity index (χ1) is 11.5. The van der Waals surface area contributed by atoms with E-state index < -0.39 is 0 Å². The molecule has 0 bridgehead atoms. The van der Waals surface area contributed by atoms with Crippen molar-refractivity contribution in [2.75, 3.05) is 5.43 Å². The maximum absolute atomic E-state index is 6.48. The van der Waals surface area contributed by atoms with Crippen LogP contribution in [0, 0.1) is 13.8 Å². The largest absolute Gasteiger partial charge is 0.278 e. The summed E-state index contributed by atoms with van der Waals surface area (Å²) >= 11 is 9.91. The highest BCUT2D eigenvalue weighted by molar-refractivity contribution is 9.10. The predicted octanol–water partition coefficient (Wildman–Crippen LogP) is 5.35. The van der Waals surface area contributed by atoms with Crippen LogP contribution >= 0.6 is 27.5 Å². The molecule has 0 fully saturated rings. The van der Waals surface area contributed by atoms with Crippen molar-refractivity contribution in [1.29, 1.82) is 0 Å². The molecule has 0 spiro atoms. The Bertz CT molecular complexity index is 885. The Labute approximate surface area is 154 Å². The lowest BCUT2D eigenvalue weighted by Gasteiger charge is -2.03. The van der Waals surface area contributed by atoms with Gasteiger partial charge in [-0.05, 0) is 44.2 Å². The van der Waals surface area contributed by atoms with Gasteiger partial charge in [0.25, 0.3) is 0 Å². The molecule has 6 heteroatoms. The monoisotopic (exact) mass is 402 g/mol. The molecule has 122 valence electrons. The van der Waals surface area contributed by atoms with Gasteiger partial charge in [0, 0.05) is 4.47 Å². The number of nitrogens with zero attached hydrogens (tertiary/aromatic N) is 3. The molecule has 3 rings (SSSR count). The SMILES string of the molecule is Cc1ccc(-n2nc(C)c(/C=N\Nc3cccc(Br)c3)c2Cl)cc1. The topological polar surface area (TPSA) is 42.2 Å². The third kappa shape index (κ3) is 3.68. The third-order valence-corrected chi connectivity index (χ3v) is 4.40. The fourth-order valence-corrected chi connectivity index (χ4v) is 2.96. The summed E-state index contributed by atoms with van der Waals surface area (Å²) in [5, 5.41) is 9.31. The first-order valence-corrected chi connectivity index (χ1v) is 8.58. The molecule has 0 saturated heterocycles. The van der Waals surface area contributed by atoms with Gasteiger partial charge in [0.05, 0.1) is 28.8 Å². The van der Waals surface area contributed by atoms with Crippen LogP contribution in [0.5, 0.6) is 0 Å². The number of aromatic nitrogens is 2. The molecule has 3 aromatic rings. The highest BCUT2D eigenvalue weighted by atomic mass is 79.9. The van der Waals surface area contributed by atoms with Crippen molar-refractivity contribution in [2.45, 2.75) is 13.8 Å². The van der Waals surface area contributed by atoms with Crippen molar-refractivity contribution < 1.29 is 0 Å². The molecule has 0 atom stereocenters. The lowest BCUT2D eigenvalue weighted by Crippen LogP contribution is -1.96. The standard InChI is InChI=1S/C18H16BrClN4/c1-12-6-8-16(9-7-12)24-18(20)17(13(2)23-24)11-21-22-15-5-3-4-14(19)10-15/h3-11,22H,1-2H3/b21-11-. The van der Waals surface area contributed by atoms with Gasteiger partial charge >= 0.3 is 0 Å². The predicted molar refractivity (Wildman–Crippen MR) is 103 cm³/mol. The van der Waals surface area contributed by atoms with E-state index in [1.807, 2.05) is 62.4 Å². The molecule has 1 aromatic heterocycles. The number of aryl methyl sites for hydroxylation is 2. The van der Waals surface area contributed by atoms with Crippen molar-refractivity contribution in [3.8, 4) is 5.69 Å². The number of anilines is 1. The highest BCUT2D eigenvalue weighted by Crippen LogP contribution is 2.22. The quantitative estimate of drug-likeness (QED) is 0.471. The highest BCUT2D eigenvalue weighted by Gasteiger charge is 2.13. The van der Waals surface area contributed by atoms with E-state index in [0.29, 0.717) is 5.15 Å². The first-order valence-electron chi connectivity index (χ1n) is 7.41. The summed E-state index contributed by atoms with van der Waals surface area (Å²) in [6.07, 6.45) is 1.69. The summed E-state index contributed by atoms with van der Waals surface area (Å²) in [7, 11) is 0. The van der Waals surface area contributed by atoms with Gasteiger partial charge in [-0.25, -0.2) is 4.68 Å². The van der Waals surface area contributed by atoms with Crippen LogP contribution < -0.4 is 5.43 Å². The van der Waals surface area contributed by atoms with Crippen LogP contribution in [0.1, 0.15) is 16.8 Å². The Hall–Kier alpha value is -2.11. The summed E-state index contributed by atoms with van der Waals surface area (Å²) < 4.78 is 2.71. The smallest absolute Gasteiger partial charge is 0.142 e. The third-order valence-electron chi connectivity index (χ3n) is 3.54. The van der Waals surface area contributed by atoms with Crippen LogP contribution in [0.25, 0.3) is 5.69 Å². The Morgan fingerprint density at radius 2 is 1.92 bits per heavy atom. The Balaban J connectivity index is 1.84. The normalized spacial score (nSPS) is 11.2. The van der Waals surface area contributed by atoms with E-state index in [4.69, 9.17) is 11.6 Å². The van der Waals surface area contributed by atoms with Gasteiger partial charge < -0.3 is 0 Å². The average molecular weight is 404 g/mol. The summed E-state index contributed by atoms with van der Waals surface area (Å²) in [5.74, 6) is 0. The van der Waals surface area contributed by atoms with Crippen LogP contribution in [-0.2, 0) is 0 Å². The van der Waals surface area contributed by atoms with Gasteiger partial charge in [-0.3, -0.25) is 5.43 Å². The zero-order valence-electron chi connectivity index (χ0n) is 13.3. The molecule has 4 nitrogen and oxygen atoms in total. The minimum atomic E-state index is 0.538. The van der Waals surface area contributed by atoms with Gasteiger partial charge in [0.1, 0.15) is 5.15 Å². The fourth-order valence-electron chi connectivity index (χ4n) is 2.24. The summed E-state index contributed by atoms with van der Waals surface area (Å²) in [4.78, 5) is 0. The van der Waals surface area contributed by atoms with Crippen molar-refractivity contribution in [3.05, 3.63) is 75.0 Å². The maximum Gasteiger partial charge on any atom is 0.142 e. The molecule has 0 aliphatic carbocycles. The van der Waals surface area contributed by atoms with Crippen molar-refractivity contribution >= 4 is 39.4 Å². The molecule has 0 aliphatic heterocycles. The lowest BCUT2D eigenvalue weighted by molar-refractivity contribution is 0.863. The number of halogens is 2. The molecule has 1 N–H and O–H groups in total. The fraction of sp³-hybridized carbons (Fsp3) is 0.111. The van der Waals surface area contributed by atoms with Gasteiger partial charge in [-0.15, -0.1) is 0 Å². The number of rotatable bonds is 4. The van der Waals surface area contributed by atoms with Gasteiger partial charge in [0.15, 0.2) is 0 Å². The van der Waals surface area contributed by atoms with Gasteiger partial charge in [-0.1, -0.05) is 51.3 Å². The second-order valence-electron chi connectivity index (χ2n) is 5.42. The second kappa shape index (κ2) is 7.20. The molecule has 2 aromatic carbocycles. The molecule has 0 amide bonds. The maximum atomic E-state index is 6.48. The zero-order valence-corrected chi connectivity index (χ0v) is 15.6. The van der Waals surface area contributed by atoms with Crippen LogP contribution in [0.15, 0.2) is 58.1 Å². The lowest BCUT2D eigenvalue weighted by atomic mass is 10.2. The minimum absolute atomic E-state index is 0.538. The van der Waals surface area contributed by atoms with E-state index in [-0.39, 0.29) is 0 Å². The average Bonchev–Trinajstić information content (AvgIpc) is 2.84. The number of hydrogen-bond acceptors (Lipinski definition) is 3. The van der Waals surface area contributed by atoms with Crippen LogP contribution in [-0.4, -0.2) is 16.0 Å². The van der Waals surface area contributed by atoms with Crippen LogP contribution in [0.2, 0.25) is 5.15 Å². The van der Waals surface area contributed by atoms with E-state index in [1.54, 1.807) is 10.9 Å². The number of benzene rings is 2.